The second-order valence-electron chi connectivity index (χ2n) is 6.35. The summed E-state index contributed by atoms with van der Waals surface area (Å²) in [5.41, 5.74) is 4.83. The first-order valence-corrected chi connectivity index (χ1v) is 8.30. The van der Waals surface area contributed by atoms with Gasteiger partial charge in [0.05, 0.1) is 13.7 Å². The SMILES string of the molecule is COc1ccc(CN2CCC[C@@H]2CO)cc1-c1cccc(C)c1. The minimum absolute atomic E-state index is 0.251. The molecule has 122 valence electrons. The molecule has 1 aliphatic heterocycles. The molecule has 3 nitrogen and oxygen atoms in total. The van der Waals surface area contributed by atoms with Crippen molar-refractivity contribution < 1.29 is 9.84 Å². The number of rotatable bonds is 5. The van der Waals surface area contributed by atoms with E-state index in [9.17, 15) is 5.11 Å². The van der Waals surface area contributed by atoms with Crippen molar-refractivity contribution >= 4 is 0 Å². The van der Waals surface area contributed by atoms with E-state index in [0.29, 0.717) is 6.04 Å². The lowest BCUT2D eigenvalue weighted by molar-refractivity contribution is 0.153. The van der Waals surface area contributed by atoms with Crippen molar-refractivity contribution in [1.82, 2.24) is 4.90 Å². The lowest BCUT2D eigenvalue weighted by atomic mass is 10.00. The van der Waals surface area contributed by atoms with E-state index >= 15 is 0 Å². The Morgan fingerprint density at radius 1 is 1.22 bits per heavy atom. The largest absolute Gasteiger partial charge is 0.496 e. The van der Waals surface area contributed by atoms with Gasteiger partial charge in [0.2, 0.25) is 0 Å². The van der Waals surface area contributed by atoms with Crippen LogP contribution in [0.25, 0.3) is 11.1 Å². The minimum atomic E-state index is 0.251. The summed E-state index contributed by atoms with van der Waals surface area (Å²) in [6.45, 7) is 4.31. The van der Waals surface area contributed by atoms with Gasteiger partial charge in [-0.2, -0.15) is 0 Å². The van der Waals surface area contributed by atoms with Gasteiger partial charge in [-0.25, -0.2) is 0 Å². The van der Waals surface area contributed by atoms with E-state index in [0.717, 1.165) is 30.8 Å². The molecule has 0 saturated carbocycles. The van der Waals surface area contributed by atoms with E-state index < -0.39 is 0 Å². The molecule has 1 heterocycles. The van der Waals surface area contributed by atoms with Gasteiger partial charge in [0, 0.05) is 18.2 Å². The third-order valence-electron chi connectivity index (χ3n) is 4.69. The predicted octanol–water partition coefficient (Wildman–Crippen LogP) is 3.63. The summed E-state index contributed by atoms with van der Waals surface area (Å²) < 4.78 is 5.55. The number of aliphatic hydroxyl groups is 1. The molecule has 2 aromatic rings. The first-order chi connectivity index (χ1) is 11.2. The molecule has 0 bridgehead atoms. The maximum atomic E-state index is 9.50. The van der Waals surface area contributed by atoms with Crippen LogP contribution in [0.2, 0.25) is 0 Å². The molecule has 0 aliphatic carbocycles. The fourth-order valence-electron chi connectivity index (χ4n) is 3.44. The summed E-state index contributed by atoms with van der Waals surface area (Å²) in [6, 6.07) is 15.2. The van der Waals surface area contributed by atoms with Crippen molar-refractivity contribution in [2.75, 3.05) is 20.3 Å². The third kappa shape index (κ3) is 3.57. The summed E-state index contributed by atoms with van der Waals surface area (Å²) in [5, 5.41) is 9.50. The number of likely N-dealkylation sites (tertiary alicyclic amines) is 1. The molecule has 0 amide bonds. The predicted molar refractivity (Wildman–Crippen MR) is 93.7 cm³/mol. The summed E-state index contributed by atoms with van der Waals surface area (Å²) >= 11 is 0. The quantitative estimate of drug-likeness (QED) is 0.915. The van der Waals surface area contributed by atoms with Crippen LogP contribution in [0.4, 0.5) is 0 Å². The number of benzene rings is 2. The maximum Gasteiger partial charge on any atom is 0.126 e. The zero-order valence-corrected chi connectivity index (χ0v) is 14.0. The smallest absolute Gasteiger partial charge is 0.126 e. The second-order valence-corrected chi connectivity index (χ2v) is 6.35. The molecule has 1 N–H and O–H groups in total. The molecule has 23 heavy (non-hydrogen) atoms. The van der Waals surface area contributed by atoms with E-state index in [4.69, 9.17) is 4.74 Å². The van der Waals surface area contributed by atoms with Gasteiger partial charge < -0.3 is 9.84 Å². The van der Waals surface area contributed by atoms with E-state index in [1.807, 2.05) is 0 Å². The number of hydrogen-bond donors (Lipinski definition) is 1. The molecule has 3 rings (SSSR count). The Balaban J connectivity index is 1.90. The standard InChI is InChI=1S/C20H25NO2/c1-15-5-3-6-17(11-15)19-12-16(8-9-20(19)23-2)13-21-10-4-7-18(21)14-22/h3,5-6,8-9,11-12,18,22H,4,7,10,13-14H2,1-2H3/t18-/m1/s1. The van der Waals surface area contributed by atoms with Crippen LogP contribution >= 0.6 is 0 Å². The molecule has 1 fully saturated rings. The zero-order chi connectivity index (χ0) is 16.2. The van der Waals surface area contributed by atoms with Crippen LogP contribution in [0.1, 0.15) is 24.0 Å². The van der Waals surface area contributed by atoms with Gasteiger partial charge in [-0.3, -0.25) is 4.90 Å². The summed E-state index contributed by atoms with van der Waals surface area (Å²) in [4.78, 5) is 2.38. The molecule has 0 spiro atoms. The van der Waals surface area contributed by atoms with Gasteiger partial charge in [-0.1, -0.05) is 35.9 Å². The maximum absolute atomic E-state index is 9.50. The average Bonchev–Trinajstić information content (AvgIpc) is 3.02. The van der Waals surface area contributed by atoms with E-state index in [-0.39, 0.29) is 6.61 Å². The topological polar surface area (TPSA) is 32.7 Å². The monoisotopic (exact) mass is 311 g/mol. The highest BCUT2D eigenvalue weighted by Crippen LogP contribution is 2.32. The van der Waals surface area contributed by atoms with Crippen molar-refractivity contribution in [2.24, 2.45) is 0 Å². The van der Waals surface area contributed by atoms with E-state index in [1.165, 1.54) is 23.1 Å². The Kier molecular flexibility index (Phi) is 4.99. The van der Waals surface area contributed by atoms with Gasteiger partial charge in [-0.15, -0.1) is 0 Å². The molecular weight excluding hydrogens is 286 g/mol. The summed E-state index contributed by atoms with van der Waals surface area (Å²) in [7, 11) is 1.72. The van der Waals surface area contributed by atoms with Crippen LogP contribution in [-0.2, 0) is 6.54 Å². The highest BCUT2D eigenvalue weighted by atomic mass is 16.5. The third-order valence-corrected chi connectivity index (χ3v) is 4.69. The van der Waals surface area contributed by atoms with Crippen LogP contribution in [0.5, 0.6) is 5.75 Å². The Morgan fingerprint density at radius 3 is 2.83 bits per heavy atom. The highest BCUT2D eigenvalue weighted by Gasteiger charge is 2.23. The average molecular weight is 311 g/mol. The first kappa shape index (κ1) is 16.0. The summed E-state index contributed by atoms with van der Waals surface area (Å²) in [6.07, 6.45) is 2.27. The van der Waals surface area contributed by atoms with Crippen LogP contribution < -0.4 is 4.74 Å². The Labute approximate surface area is 138 Å². The first-order valence-electron chi connectivity index (χ1n) is 8.30. The second kappa shape index (κ2) is 7.16. The molecule has 1 aliphatic rings. The van der Waals surface area contributed by atoms with Crippen molar-refractivity contribution in [2.45, 2.75) is 32.4 Å². The molecule has 1 atom stereocenters. The van der Waals surface area contributed by atoms with Crippen LogP contribution in [0.3, 0.4) is 0 Å². The van der Waals surface area contributed by atoms with Gasteiger partial charge >= 0.3 is 0 Å². The van der Waals surface area contributed by atoms with Crippen molar-refractivity contribution in [3.8, 4) is 16.9 Å². The fraction of sp³-hybridized carbons (Fsp3) is 0.400. The van der Waals surface area contributed by atoms with Crippen LogP contribution in [0.15, 0.2) is 42.5 Å². The van der Waals surface area contributed by atoms with Gasteiger partial charge in [0.15, 0.2) is 0 Å². The highest BCUT2D eigenvalue weighted by molar-refractivity contribution is 5.71. The number of ether oxygens (including phenoxy) is 1. The minimum Gasteiger partial charge on any atom is -0.496 e. The van der Waals surface area contributed by atoms with Crippen molar-refractivity contribution in [3.05, 3.63) is 53.6 Å². The lowest BCUT2D eigenvalue weighted by Crippen LogP contribution is -2.31. The number of aliphatic hydroxyl groups excluding tert-OH is 1. The lowest BCUT2D eigenvalue weighted by Gasteiger charge is -2.23. The van der Waals surface area contributed by atoms with Crippen LogP contribution in [0, 0.1) is 6.92 Å². The number of methoxy groups -OCH3 is 1. The molecule has 0 aromatic heterocycles. The number of nitrogens with zero attached hydrogens (tertiary/aromatic N) is 1. The molecular formula is C20H25NO2. The van der Waals surface area contributed by atoms with Gasteiger partial charge in [0.1, 0.15) is 5.75 Å². The molecule has 0 unspecified atom stereocenters. The fourth-order valence-corrected chi connectivity index (χ4v) is 3.44. The van der Waals surface area contributed by atoms with Crippen molar-refractivity contribution in [3.63, 3.8) is 0 Å². The van der Waals surface area contributed by atoms with Crippen molar-refractivity contribution in [1.29, 1.82) is 0 Å². The summed E-state index contributed by atoms with van der Waals surface area (Å²) in [5.74, 6) is 0.902. The van der Waals surface area contributed by atoms with Gasteiger partial charge in [-0.05, 0) is 49.6 Å². The Hall–Kier alpha value is -1.84. The Bertz CT molecular complexity index is 668. The number of aryl methyl sites for hydroxylation is 1. The van der Waals surface area contributed by atoms with Crippen LogP contribution in [-0.4, -0.2) is 36.3 Å². The normalized spacial score (nSPS) is 18.3. The Morgan fingerprint density at radius 2 is 2.09 bits per heavy atom. The molecule has 2 aromatic carbocycles. The van der Waals surface area contributed by atoms with Gasteiger partial charge in [0.25, 0.3) is 0 Å². The number of hydrogen-bond acceptors (Lipinski definition) is 3. The van der Waals surface area contributed by atoms with E-state index in [2.05, 4.69) is 54.3 Å². The molecule has 1 saturated heterocycles. The molecule has 0 radical (unpaired) electrons. The van der Waals surface area contributed by atoms with E-state index in [1.54, 1.807) is 7.11 Å². The molecule has 3 heteroatoms. The zero-order valence-electron chi connectivity index (χ0n) is 14.0.